The Morgan fingerprint density at radius 2 is 1.62 bits per heavy atom. The van der Waals surface area contributed by atoms with Crippen molar-refractivity contribution in [2.75, 3.05) is 38.4 Å². The number of methoxy groups -OCH3 is 1. The van der Waals surface area contributed by atoms with Crippen molar-refractivity contribution >= 4 is 47.1 Å². The summed E-state index contributed by atoms with van der Waals surface area (Å²) in [7, 11) is 1.17. The van der Waals surface area contributed by atoms with Crippen molar-refractivity contribution in [2.45, 2.75) is 12.8 Å². The number of nitrogens with one attached hydrogen (secondary N) is 1. The average Bonchev–Trinajstić information content (AvgIpc) is 3.19. The summed E-state index contributed by atoms with van der Waals surface area (Å²) in [5.41, 5.74) is 1.48. The van der Waals surface area contributed by atoms with E-state index in [0.29, 0.717) is 28.1 Å². The van der Waals surface area contributed by atoms with E-state index in [-0.39, 0.29) is 52.6 Å². The van der Waals surface area contributed by atoms with Gasteiger partial charge in [0.2, 0.25) is 0 Å². The summed E-state index contributed by atoms with van der Waals surface area (Å²) in [5.74, 6) is -2.73. The van der Waals surface area contributed by atoms with Crippen molar-refractivity contribution in [3.05, 3.63) is 92.8 Å². The molecule has 0 spiro atoms. The van der Waals surface area contributed by atoms with Gasteiger partial charge in [0, 0.05) is 28.8 Å². The second-order valence-electron chi connectivity index (χ2n) is 8.57. The minimum atomic E-state index is -1.04. The molecule has 204 valence electrons. The quantitative estimate of drug-likeness (QED) is 0.256. The van der Waals surface area contributed by atoms with Crippen LogP contribution in [0.15, 0.2) is 71.1 Å². The molecule has 1 N–H and O–H groups in total. The molecule has 0 aromatic heterocycles. The molecule has 2 aromatic rings. The number of fused-ring (bicyclic) bond motifs is 1. The highest BCUT2D eigenvalue weighted by Gasteiger charge is 2.41. The summed E-state index contributed by atoms with van der Waals surface area (Å²) in [4.78, 5) is 52.6. The molecule has 2 aliphatic rings. The maximum Gasteiger partial charge on any atom is 0.336 e. The number of alkyl halides is 1. The van der Waals surface area contributed by atoms with Crippen LogP contribution in [0.1, 0.15) is 39.1 Å². The van der Waals surface area contributed by atoms with Crippen LogP contribution in [0.5, 0.6) is 0 Å². The molecule has 2 amide bonds. The van der Waals surface area contributed by atoms with Gasteiger partial charge in [0.15, 0.2) is 0 Å². The smallest absolute Gasteiger partial charge is 0.336 e. The molecule has 4 rings (SSSR count). The Bertz CT molecular complexity index is 1360. The topological polar surface area (TPSA) is 102 Å². The van der Waals surface area contributed by atoms with E-state index < -0.39 is 24.5 Å². The third kappa shape index (κ3) is 5.58. The molecule has 39 heavy (non-hydrogen) atoms. The molecule has 0 bridgehead atoms. The van der Waals surface area contributed by atoms with Crippen LogP contribution in [0.3, 0.4) is 0 Å². The van der Waals surface area contributed by atoms with Crippen LogP contribution < -0.4 is 5.32 Å². The number of dihydropyridines is 1. The molecule has 0 radical (unpaired) electrons. The van der Waals surface area contributed by atoms with Gasteiger partial charge in [-0.15, -0.1) is 0 Å². The Kier molecular flexibility index (Phi) is 9.08. The Hall–Kier alpha value is -3.63. The molecule has 0 aliphatic carbocycles. The standard InChI is InChI=1S/C28H26ClFN2O6S/c1-3-38-28(36)24-21(15-39-13-12-32-25(33)16-8-4-5-9-17(16)26(32)34)31-20(14-30)23(27(35)37-2)22(24)18-10-6-7-11-19(18)29/h4-11,22,31H,3,12-15H2,1-2H3. The van der Waals surface area contributed by atoms with E-state index in [9.17, 15) is 23.6 Å². The number of benzene rings is 2. The molecule has 2 aliphatic heterocycles. The first-order valence-electron chi connectivity index (χ1n) is 12.2. The number of hydrogen-bond donors (Lipinski definition) is 1. The van der Waals surface area contributed by atoms with E-state index in [1.165, 1.54) is 23.8 Å². The lowest BCUT2D eigenvalue weighted by Crippen LogP contribution is -2.36. The SMILES string of the molecule is CCOC(=O)C1=C(CSCCN2C(=O)c3ccccc3C2=O)NC(CF)=C(C(=O)OC)C1c1ccccc1Cl. The third-order valence-corrected chi connectivity index (χ3v) is 7.67. The number of halogens is 2. The number of allylic oxidation sites excluding steroid dienone is 1. The first-order chi connectivity index (χ1) is 18.8. The van der Waals surface area contributed by atoms with Crippen LogP contribution in [0.25, 0.3) is 0 Å². The Labute approximate surface area is 234 Å². The number of thioether (sulfide) groups is 1. The van der Waals surface area contributed by atoms with Gasteiger partial charge in [-0.3, -0.25) is 14.5 Å². The predicted octanol–water partition coefficient (Wildman–Crippen LogP) is 4.27. The second kappa shape index (κ2) is 12.5. The normalized spacial score (nSPS) is 16.8. The Morgan fingerprint density at radius 1 is 1.00 bits per heavy atom. The lowest BCUT2D eigenvalue weighted by atomic mass is 9.80. The molecule has 2 aromatic carbocycles. The fourth-order valence-electron chi connectivity index (χ4n) is 4.62. The van der Waals surface area contributed by atoms with Crippen LogP contribution in [-0.2, 0) is 19.1 Å². The van der Waals surface area contributed by atoms with Gasteiger partial charge in [-0.25, -0.2) is 14.0 Å². The molecule has 8 nitrogen and oxygen atoms in total. The number of amides is 2. The Balaban J connectivity index is 1.63. The van der Waals surface area contributed by atoms with Crippen molar-refractivity contribution in [3.63, 3.8) is 0 Å². The van der Waals surface area contributed by atoms with E-state index in [0.717, 1.165) is 0 Å². The number of hydrogen-bond acceptors (Lipinski definition) is 8. The number of imide groups is 1. The predicted molar refractivity (Wildman–Crippen MR) is 145 cm³/mol. The molecule has 0 fully saturated rings. The zero-order valence-electron chi connectivity index (χ0n) is 21.3. The van der Waals surface area contributed by atoms with Crippen LogP contribution in [0.2, 0.25) is 5.02 Å². The van der Waals surface area contributed by atoms with Crippen LogP contribution in [-0.4, -0.2) is 67.1 Å². The summed E-state index contributed by atoms with van der Waals surface area (Å²) in [6, 6.07) is 13.3. The maximum absolute atomic E-state index is 14.3. The minimum absolute atomic E-state index is 0.0456. The molecule has 0 saturated heterocycles. The molecular weight excluding hydrogens is 547 g/mol. The molecule has 0 saturated carbocycles. The van der Waals surface area contributed by atoms with Crippen molar-refractivity contribution < 1.29 is 33.0 Å². The van der Waals surface area contributed by atoms with E-state index in [2.05, 4.69) is 5.32 Å². The van der Waals surface area contributed by atoms with Crippen molar-refractivity contribution in [1.29, 1.82) is 0 Å². The van der Waals surface area contributed by atoms with Crippen LogP contribution in [0.4, 0.5) is 4.39 Å². The molecule has 11 heteroatoms. The first-order valence-corrected chi connectivity index (χ1v) is 13.7. The zero-order chi connectivity index (χ0) is 28.1. The fraction of sp³-hybridized carbons (Fsp3) is 0.286. The highest BCUT2D eigenvalue weighted by atomic mass is 35.5. The summed E-state index contributed by atoms with van der Waals surface area (Å²) in [6.45, 7) is 0.849. The molecule has 1 unspecified atom stereocenters. The van der Waals surface area contributed by atoms with E-state index in [4.69, 9.17) is 21.1 Å². The molecule has 1 atom stereocenters. The second-order valence-corrected chi connectivity index (χ2v) is 10.1. The van der Waals surface area contributed by atoms with E-state index in [1.54, 1.807) is 55.5 Å². The number of esters is 2. The monoisotopic (exact) mass is 572 g/mol. The summed E-state index contributed by atoms with van der Waals surface area (Å²) in [6.07, 6.45) is 0. The number of nitrogens with zero attached hydrogens (tertiary/aromatic N) is 1. The van der Waals surface area contributed by atoms with Gasteiger partial charge in [0.25, 0.3) is 11.8 Å². The van der Waals surface area contributed by atoms with Gasteiger partial charge in [-0.1, -0.05) is 41.9 Å². The summed E-state index contributed by atoms with van der Waals surface area (Å²) < 4.78 is 24.6. The van der Waals surface area contributed by atoms with Gasteiger partial charge in [-0.2, -0.15) is 11.8 Å². The van der Waals surface area contributed by atoms with E-state index >= 15 is 0 Å². The van der Waals surface area contributed by atoms with Crippen LogP contribution >= 0.6 is 23.4 Å². The van der Waals surface area contributed by atoms with Crippen molar-refractivity contribution in [2.24, 2.45) is 0 Å². The summed E-state index contributed by atoms with van der Waals surface area (Å²) in [5, 5.41) is 3.19. The average molecular weight is 573 g/mol. The summed E-state index contributed by atoms with van der Waals surface area (Å²) >= 11 is 7.81. The van der Waals surface area contributed by atoms with Gasteiger partial charge in [0.1, 0.15) is 6.67 Å². The number of carbonyl (C=O) groups excluding carboxylic acids is 4. The largest absolute Gasteiger partial charge is 0.466 e. The lowest BCUT2D eigenvalue weighted by Gasteiger charge is -2.32. The molecule has 2 heterocycles. The first kappa shape index (κ1) is 28.4. The number of ether oxygens (including phenoxy) is 2. The number of rotatable bonds is 10. The highest BCUT2D eigenvalue weighted by Crippen LogP contribution is 2.42. The van der Waals surface area contributed by atoms with Gasteiger partial charge < -0.3 is 14.8 Å². The zero-order valence-corrected chi connectivity index (χ0v) is 22.9. The van der Waals surface area contributed by atoms with E-state index in [1.807, 2.05) is 0 Å². The minimum Gasteiger partial charge on any atom is -0.466 e. The Morgan fingerprint density at radius 3 is 2.21 bits per heavy atom. The van der Waals surface area contributed by atoms with Crippen LogP contribution in [0, 0.1) is 0 Å². The highest BCUT2D eigenvalue weighted by molar-refractivity contribution is 7.99. The van der Waals surface area contributed by atoms with Gasteiger partial charge in [0.05, 0.1) is 47.6 Å². The third-order valence-electron chi connectivity index (χ3n) is 6.36. The van der Waals surface area contributed by atoms with Gasteiger partial charge in [-0.05, 0) is 30.7 Å². The lowest BCUT2D eigenvalue weighted by molar-refractivity contribution is -0.139. The molecular formula is C28H26ClFN2O6S. The van der Waals surface area contributed by atoms with Gasteiger partial charge >= 0.3 is 11.9 Å². The van der Waals surface area contributed by atoms with Crippen molar-refractivity contribution in [1.82, 2.24) is 10.2 Å². The fourth-order valence-corrected chi connectivity index (χ4v) is 5.75. The number of carbonyl (C=O) groups is 4. The van der Waals surface area contributed by atoms with Crippen molar-refractivity contribution in [3.8, 4) is 0 Å². The maximum atomic E-state index is 14.3.